The Morgan fingerprint density at radius 1 is 1.15 bits per heavy atom. The zero-order valence-electron chi connectivity index (χ0n) is 11.6. The number of aryl methyl sites for hydroxylation is 2. The van der Waals surface area contributed by atoms with Gasteiger partial charge in [-0.05, 0) is 31.5 Å². The third kappa shape index (κ3) is 2.51. The zero-order valence-corrected chi connectivity index (χ0v) is 13.2. The van der Waals surface area contributed by atoms with Crippen molar-refractivity contribution < 1.29 is 0 Å². The molecule has 5 heteroatoms. The monoisotopic (exact) mass is 301 g/mol. The molecule has 0 bridgehead atoms. The summed E-state index contributed by atoms with van der Waals surface area (Å²) in [7, 11) is 1.85. The minimum atomic E-state index is 0.676. The van der Waals surface area contributed by atoms with Gasteiger partial charge in [0.15, 0.2) is 0 Å². The van der Waals surface area contributed by atoms with Crippen molar-refractivity contribution >= 4 is 39.3 Å². The topological polar surface area (TPSA) is 37.8 Å². The van der Waals surface area contributed by atoms with Gasteiger partial charge in [-0.3, -0.25) is 0 Å². The van der Waals surface area contributed by atoms with E-state index in [4.69, 9.17) is 0 Å². The molecule has 2 heterocycles. The summed E-state index contributed by atoms with van der Waals surface area (Å²) in [5.41, 5.74) is 1.27. The van der Waals surface area contributed by atoms with E-state index in [2.05, 4.69) is 59.5 Å². The van der Waals surface area contributed by atoms with Crippen LogP contribution in [-0.4, -0.2) is 17.0 Å². The van der Waals surface area contributed by atoms with Gasteiger partial charge in [0.05, 0.1) is 0 Å². The fourth-order valence-corrected chi connectivity index (χ4v) is 3.91. The Kier molecular flexibility index (Phi) is 3.63. The van der Waals surface area contributed by atoms with Crippen molar-refractivity contribution in [2.75, 3.05) is 12.4 Å². The van der Waals surface area contributed by atoms with Gasteiger partial charge in [0, 0.05) is 22.2 Å². The second kappa shape index (κ2) is 5.42. The molecule has 20 heavy (non-hydrogen) atoms. The molecular formula is C15H15N3S2. The Morgan fingerprint density at radius 2 is 1.95 bits per heavy atom. The largest absolute Gasteiger partial charge is 0.357 e. The van der Waals surface area contributed by atoms with Gasteiger partial charge >= 0.3 is 0 Å². The highest BCUT2D eigenvalue weighted by Gasteiger charge is 2.12. The third-order valence-corrected chi connectivity index (χ3v) is 5.13. The number of hydrogen-bond acceptors (Lipinski definition) is 5. The van der Waals surface area contributed by atoms with Crippen molar-refractivity contribution in [3.63, 3.8) is 0 Å². The number of nitrogens with zero attached hydrogens (tertiary/aromatic N) is 2. The molecule has 0 amide bonds. The van der Waals surface area contributed by atoms with Crippen LogP contribution in [0, 0.1) is 13.8 Å². The van der Waals surface area contributed by atoms with Crippen LogP contribution in [0.1, 0.15) is 10.4 Å². The number of anilines is 1. The first-order valence-electron chi connectivity index (χ1n) is 6.37. The van der Waals surface area contributed by atoms with Crippen molar-refractivity contribution in [2.45, 2.75) is 23.8 Å². The molecule has 0 radical (unpaired) electrons. The van der Waals surface area contributed by atoms with Gasteiger partial charge < -0.3 is 5.32 Å². The Hall–Kier alpha value is -1.59. The molecule has 0 aliphatic rings. The van der Waals surface area contributed by atoms with E-state index in [0.717, 1.165) is 15.2 Å². The lowest BCUT2D eigenvalue weighted by atomic mass is 10.2. The summed E-state index contributed by atoms with van der Waals surface area (Å²) in [6, 6.07) is 10.5. The van der Waals surface area contributed by atoms with Crippen molar-refractivity contribution in [1.29, 1.82) is 0 Å². The van der Waals surface area contributed by atoms with E-state index in [9.17, 15) is 0 Å². The molecule has 0 atom stereocenters. The van der Waals surface area contributed by atoms with Gasteiger partial charge in [-0.15, -0.1) is 11.3 Å². The minimum absolute atomic E-state index is 0.676. The van der Waals surface area contributed by atoms with Crippen LogP contribution in [0.4, 0.5) is 5.95 Å². The molecule has 0 unspecified atom stereocenters. The molecule has 0 fully saturated rings. The molecule has 3 nitrogen and oxygen atoms in total. The van der Waals surface area contributed by atoms with Gasteiger partial charge in [0.25, 0.3) is 0 Å². The molecule has 102 valence electrons. The summed E-state index contributed by atoms with van der Waals surface area (Å²) >= 11 is 3.41. The lowest BCUT2D eigenvalue weighted by molar-refractivity contribution is 1.10. The fourth-order valence-electron chi connectivity index (χ4n) is 1.98. The summed E-state index contributed by atoms with van der Waals surface area (Å²) in [6.45, 7) is 4.23. The molecule has 0 aliphatic heterocycles. The number of benzene rings is 1. The van der Waals surface area contributed by atoms with Crippen molar-refractivity contribution in [3.05, 3.63) is 40.8 Å². The van der Waals surface area contributed by atoms with Gasteiger partial charge in [0.2, 0.25) is 5.95 Å². The van der Waals surface area contributed by atoms with Crippen molar-refractivity contribution in [3.8, 4) is 0 Å². The first-order valence-corrected chi connectivity index (χ1v) is 8.00. The predicted molar refractivity (Wildman–Crippen MR) is 87.0 cm³/mol. The van der Waals surface area contributed by atoms with Crippen LogP contribution in [-0.2, 0) is 0 Å². The van der Waals surface area contributed by atoms with Crippen molar-refractivity contribution in [2.24, 2.45) is 0 Å². The minimum Gasteiger partial charge on any atom is -0.357 e. The quantitative estimate of drug-likeness (QED) is 0.723. The number of thiophene rings is 1. The zero-order chi connectivity index (χ0) is 14.1. The highest BCUT2D eigenvalue weighted by Crippen LogP contribution is 2.36. The SMILES string of the molecule is CNc1nc(Sc2ccccc2C)c2cc(C)sc2n1. The number of fused-ring (bicyclic) bond motifs is 1. The van der Waals surface area contributed by atoms with Crippen LogP contribution in [0.25, 0.3) is 10.2 Å². The van der Waals surface area contributed by atoms with Crippen LogP contribution in [0.5, 0.6) is 0 Å². The maximum absolute atomic E-state index is 4.62. The third-order valence-electron chi connectivity index (χ3n) is 3.00. The smallest absolute Gasteiger partial charge is 0.224 e. The Morgan fingerprint density at radius 3 is 2.70 bits per heavy atom. The van der Waals surface area contributed by atoms with E-state index < -0.39 is 0 Å². The average Bonchev–Trinajstić information content (AvgIpc) is 2.81. The summed E-state index contributed by atoms with van der Waals surface area (Å²) in [6.07, 6.45) is 0. The van der Waals surface area contributed by atoms with Crippen LogP contribution >= 0.6 is 23.1 Å². The standard InChI is InChI=1S/C15H15N3S2/c1-9-6-4-5-7-12(9)20-14-11-8-10(2)19-13(11)17-15(16-3)18-14/h4-8H,1-3H3,(H,16,17,18). The summed E-state index contributed by atoms with van der Waals surface area (Å²) in [5, 5.41) is 5.19. The van der Waals surface area contributed by atoms with Crippen LogP contribution in [0.15, 0.2) is 40.3 Å². The Bertz CT molecular complexity index is 765. The number of aromatic nitrogens is 2. The first kappa shape index (κ1) is 13.4. The molecule has 0 aliphatic carbocycles. The number of nitrogens with one attached hydrogen (secondary N) is 1. The van der Waals surface area contributed by atoms with Crippen LogP contribution in [0.2, 0.25) is 0 Å². The molecule has 1 N–H and O–H groups in total. The second-order valence-electron chi connectivity index (χ2n) is 4.55. The lowest BCUT2D eigenvalue weighted by Gasteiger charge is -2.07. The predicted octanol–water partition coefficient (Wildman–Crippen LogP) is 4.50. The molecule has 3 rings (SSSR count). The van der Waals surface area contributed by atoms with E-state index >= 15 is 0 Å². The average molecular weight is 301 g/mol. The van der Waals surface area contributed by atoms with Crippen LogP contribution in [0.3, 0.4) is 0 Å². The maximum atomic E-state index is 4.62. The lowest BCUT2D eigenvalue weighted by Crippen LogP contribution is -1.97. The molecule has 3 aromatic rings. The summed E-state index contributed by atoms with van der Waals surface area (Å²) in [4.78, 5) is 12.7. The van der Waals surface area contributed by atoms with Gasteiger partial charge in [-0.2, -0.15) is 0 Å². The number of rotatable bonds is 3. The fraction of sp³-hybridized carbons (Fsp3) is 0.200. The molecule has 0 saturated carbocycles. The van der Waals surface area contributed by atoms with Gasteiger partial charge in [-0.1, -0.05) is 30.0 Å². The highest BCUT2D eigenvalue weighted by atomic mass is 32.2. The van der Waals surface area contributed by atoms with Gasteiger partial charge in [-0.25, -0.2) is 9.97 Å². The number of hydrogen-bond donors (Lipinski definition) is 1. The van der Waals surface area contributed by atoms with E-state index in [-0.39, 0.29) is 0 Å². The molecule has 0 saturated heterocycles. The molecule has 0 spiro atoms. The van der Waals surface area contributed by atoms with Gasteiger partial charge in [0.1, 0.15) is 9.86 Å². The second-order valence-corrected chi connectivity index (χ2v) is 6.81. The maximum Gasteiger partial charge on any atom is 0.224 e. The van der Waals surface area contributed by atoms with E-state index in [1.807, 2.05) is 7.05 Å². The van der Waals surface area contributed by atoms with E-state index in [0.29, 0.717) is 5.95 Å². The summed E-state index contributed by atoms with van der Waals surface area (Å²) in [5.74, 6) is 0.676. The Labute approximate surface area is 126 Å². The first-order chi connectivity index (χ1) is 9.67. The molecular weight excluding hydrogens is 286 g/mol. The van der Waals surface area contributed by atoms with Crippen molar-refractivity contribution in [1.82, 2.24) is 9.97 Å². The molecule has 2 aromatic heterocycles. The normalized spacial score (nSPS) is 10.9. The highest BCUT2D eigenvalue weighted by molar-refractivity contribution is 7.99. The van der Waals surface area contributed by atoms with Crippen LogP contribution < -0.4 is 5.32 Å². The Balaban J connectivity index is 2.12. The van der Waals surface area contributed by atoms with E-state index in [1.54, 1.807) is 23.1 Å². The molecule has 1 aromatic carbocycles. The summed E-state index contributed by atoms with van der Waals surface area (Å²) < 4.78 is 0. The van der Waals surface area contributed by atoms with E-state index in [1.165, 1.54) is 15.3 Å².